The number of urea groups is 1. The van der Waals surface area contributed by atoms with Crippen LogP contribution in [0.3, 0.4) is 0 Å². The Morgan fingerprint density at radius 2 is 2.08 bits per heavy atom. The van der Waals surface area contributed by atoms with Crippen LogP contribution >= 0.6 is 11.8 Å². The van der Waals surface area contributed by atoms with Gasteiger partial charge in [0, 0.05) is 12.1 Å². The largest absolute Gasteiger partial charge is 0.454 e. The molecule has 1 aromatic heterocycles. The molecule has 0 aliphatic carbocycles. The van der Waals surface area contributed by atoms with Crippen LogP contribution in [0.2, 0.25) is 0 Å². The number of nitrogens with zero attached hydrogens (tertiary/aromatic N) is 2. The van der Waals surface area contributed by atoms with Gasteiger partial charge in [-0.15, -0.1) is 10.2 Å². The molecule has 3 rings (SSSR count). The van der Waals surface area contributed by atoms with Crippen LogP contribution in [0.25, 0.3) is 11.5 Å². The first-order valence-corrected chi connectivity index (χ1v) is 8.58. The van der Waals surface area contributed by atoms with E-state index in [2.05, 4.69) is 20.8 Å². The number of amides is 3. The summed E-state index contributed by atoms with van der Waals surface area (Å²) in [7, 11) is 0. The summed E-state index contributed by atoms with van der Waals surface area (Å²) in [6, 6.07) is 4.77. The Labute approximate surface area is 147 Å². The number of carbonyl (C=O) groups is 2. The highest BCUT2D eigenvalue weighted by Crippen LogP contribution is 2.35. The van der Waals surface area contributed by atoms with E-state index in [0.29, 0.717) is 29.5 Å². The Bertz CT molecular complexity index is 779. The van der Waals surface area contributed by atoms with E-state index >= 15 is 0 Å². The number of rotatable bonds is 6. The van der Waals surface area contributed by atoms with Crippen LogP contribution in [0.5, 0.6) is 11.5 Å². The Morgan fingerprint density at radius 3 is 2.92 bits per heavy atom. The van der Waals surface area contributed by atoms with Gasteiger partial charge in [-0.2, -0.15) is 0 Å². The van der Waals surface area contributed by atoms with Crippen molar-refractivity contribution < 1.29 is 23.5 Å². The van der Waals surface area contributed by atoms with Crippen molar-refractivity contribution >= 4 is 23.7 Å². The fraction of sp³-hybridized carbons (Fsp3) is 0.333. The third kappa shape index (κ3) is 4.41. The summed E-state index contributed by atoms with van der Waals surface area (Å²) in [5.41, 5.74) is 0.687. The molecule has 0 saturated carbocycles. The minimum absolute atomic E-state index is 0.0116. The van der Waals surface area contributed by atoms with Crippen LogP contribution in [-0.4, -0.2) is 41.2 Å². The van der Waals surface area contributed by atoms with Gasteiger partial charge in [-0.1, -0.05) is 18.7 Å². The minimum atomic E-state index is -0.515. The zero-order valence-electron chi connectivity index (χ0n) is 13.4. The number of hydrogen-bond donors (Lipinski definition) is 2. The number of hydrogen-bond acceptors (Lipinski definition) is 8. The normalized spacial score (nSPS) is 12.0. The molecule has 1 aliphatic heterocycles. The second-order valence-corrected chi connectivity index (χ2v) is 5.96. The molecule has 25 heavy (non-hydrogen) atoms. The zero-order chi connectivity index (χ0) is 17.6. The molecule has 10 heteroatoms. The van der Waals surface area contributed by atoms with E-state index in [0.717, 1.165) is 18.2 Å². The number of benzene rings is 1. The second-order valence-electron chi connectivity index (χ2n) is 5.03. The maximum atomic E-state index is 11.7. The van der Waals surface area contributed by atoms with Gasteiger partial charge >= 0.3 is 6.03 Å². The average molecular weight is 364 g/mol. The van der Waals surface area contributed by atoms with E-state index in [4.69, 9.17) is 13.9 Å². The molecule has 0 atom stereocenters. The van der Waals surface area contributed by atoms with Crippen LogP contribution < -0.4 is 20.1 Å². The monoisotopic (exact) mass is 364 g/mol. The van der Waals surface area contributed by atoms with E-state index in [1.165, 1.54) is 0 Å². The van der Waals surface area contributed by atoms with E-state index in [9.17, 15) is 9.59 Å². The third-order valence-corrected chi connectivity index (χ3v) is 3.96. The molecule has 0 fully saturated rings. The molecule has 1 aliphatic rings. The van der Waals surface area contributed by atoms with Gasteiger partial charge in [0.1, 0.15) is 0 Å². The van der Waals surface area contributed by atoms with Crippen molar-refractivity contribution in [2.45, 2.75) is 18.6 Å². The van der Waals surface area contributed by atoms with Crippen molar-refractivity contribution in [2.24, 2.45) is 0 Å². The molecule has 1 aromatic carbocycles. The van der Waals surface area contributed by atoms with Crippen molar-refractivity contribution in [3.63, 3.8) is 0 Å². The second kappa shape index (κ2) is 7.88. The molecule has 0 spiro atoms. The molecule has 2 heterocycles. The third-order valence-electron chi connectivity index (χ3n) is 3.14. The number of aromatic nitrogens is 2. The molecule has 2 N–H and O–H groups in total. The van der Waals surface area contributed by atoms with E-state index in [-0.39, 0.29) is 17.8 Å². The summed E-state index contributed by atoms with van der Waals surface area (Å²) in [5.74, 6) is 1.13. The zero-order valence-corrected chi connectivity index (χ0v) is 14.2. The highest BCUT2D eigenvalue weighted by atomic mass is 32.2. The van der Waals surface area contributed by atoms with E-state index in [1.807, 2.05) is 6.92 Å². The Kier molecular flexibility index (Phi) is 5.39. The summed E-state index contributed by atoms with van der Waals surface area (Å²) in [5, 5.41) is 12.8. The van der Waals surface area contributed by atoms with Gasteiger partial charge in [0.15, 0.2) is 11.5 Å². The van der Waals surface area contributed by atoms with Gasteiger partial charge in [0.25, 0.3) is 5.22 Å². The Hall–Kier alpha value is -2.75. The number of imide groups is 1. The Morgan fingerprint density at radius 1 is 1.24 bits per heavy atom. The molecule has 0 radical (unpaired) electrons. The van der Waals surface area contributed by atoms with Crippen molar-refractivity contribution in [3.8, 4) is 23.0 Å². The van der Waals surface area contributed by atoms with Crippen molar-refractivity contribution in [1.82, 2.24) is 20.8 Å². The lowest BCUT2D eigenvalue weighted by Gasteiger charge is -2.04. The molecule has 0 bridgehead atoms. The fourth-order valence-corrected chi connectivity index (χ4v) is 2.55. The summed E-state index contributed by atoms with van der Waals surface area (Å²) in [6.07, 6.45) is 0.793. The lowest BCUT2D eigenvalue weighted by atomic mass is 10.2. The topological polar surface area (TPSA) is 116 Å². The van der Waals surface area contributed by atoms with Gasteiger partial charge < -0.3 is 19.2 Å². The van der Waals surface area contributed by atoms with Gasteiger partial charge in [0.05, 0.1) is 5.75 Å². The highest BCUT2D eigenvalue weighted by Gasteiger charge is 2.17. The van der Waals surface area contributed by atoms with Gasteiger partial charge in [-0.3, -0.25) is 10.1 Å². The molecule has 2 aromatic rings. The maximum absolute atomic E-state index is 11.7. The quantitative estimate of drug-likeness (QED) is 0.746. The fourth-order valence-electron chi connectivity index (χ4n) is 1.99. The molecular weight excluding hydrogens is 348 g/mol. The Balaban J connectivity index is 1.53. The minimum Gasteiger partial charge on any atom is -0.454 e. The average Bonchev–Trinajstić information content (AvgIpc) is 3.26. The molecular formula is C15H16N4O5S. The highest BCUT2D eigenvalue weighted by molar-refractivity contribution is 7.99. The van der Waals surface area contributed by atoms with Gasteiger partial charge in [0.2, 0.25) is 18.6 Å². The maximum Gasteiger partial charge on any atom is 0.321 e. The van der Waals surface area contributed by atoms with Gasteiger partial charge in [-0.25, -0.2) is 4.79 Å². The van der Waals surface area contributed by atoms with Crippen molar-refractivity contribution in [3.05, 3.63) is 18.2 Å². The predicted molar refractivity (Wildman–Crippen MR) is 88.4 cm³/mol. The number of fused-ring (bicyclic) bond motifs is 1. The lowest BCUT2D eigenvalue weighted by molar-refractivity contribution is -0.117. The van der Waals surface area contributed by atoms with Crippen LogP contribution in [0.15, 0.2) is 27.8 Å². The number of ether oxygens (including phenoxy) is 2. The van der Waals surface area contributed by atoms with Gasteiger partial charge in [-0.05, 0) is 24.6 Å². The SMILES string of the molecule is CCCNC(=O)NC(=O)CSc1nnc(-c2ccc3c(c2)OCO3)o1. The standard InChI is InChI=1S/C15H16N4O5S/c1-2-5-16-14(21)17-12(20)7-25-15-19-18-13(24-15)9-3-4-10-11(6-9)23-8-22-10/h3-4,6H,2,5,7-8H2,1H3,(H2,16,17,20,21). The van der Waals surface area contributed by atoms with Crippen LogP contribution in [0.1, 0.15) is 13.3 Å². The van der Waals surface area contributed by atoms with Crippen molar-refractivity contribution in [2.75, 3.05) is 19.1 Å². The molecule has 132 valence electrons. The molecule has 0 saturated heterocycles. The number of thioether (sulfide) groups is 1. The lowest BCUT2D eigenvalue weighted by Crippen LogP contribution is -2.40. The molecule has 3 amide bonds. The van der Waals surface area contributed by atoms with Crippen LogP contribution in [0, 0.1) is 0 Å². The van der Waals surface area contributed by atoms with E-state index in [1.54, 1.807) is 18.2 Å². The summed E-state index contributed by atoms with van der Waals surface area (Å²) in [6.45, 7) is 2.62. The summed E-state index contributed by atoms with van der Waals surface area (Å²) < 4.78 is 16.1. The van der Waals surface area contributed by atoms with Crippen LogP contribution in [-0.2, 0) is 4.79 Å². The molecule has 0 unspecified atom stereocenters. The smallest absolute Gasteiger partial charge is 0.321 e. The first-order chi connectivity index (χ1) is 12.2. The number of nitrogens with one attached hydrogen (secondary N) is 2. The number of carbonyl (C=O) groups excluding carboxylic acids is 2. The van der Waals surface area contributed by atoms with E-state index < -0.39 is 11.9 Å². The summed E-state index contributed by atoms with van der Waals surface area (Å²) >= 11 is 1.05. The van der Waals surface area contributed by atoms with Crippen LogP contribution in [0.4, 0.5) is 4.79 Å². The summed E-state index contributed by atoms with van der Waals surface area (Å²) in [4.78, 5) is 23.1. The molecule has 9 nitrogen and oxygen atoms in total. The first-order valence-electron chi connectivity index (χ1n) is 7.59. The van der Waals surface area contributed by atoms with Crippen molar-refractivity contribution in [1.29, 1.82) is 0 Å². The predicted octanol–water partition coefficient (Wildman–Crippen LogP) is 1.79. The first kappa shape index (κ1) is 17.1.